The number of carbonyl (C=O) groups excluding carboxylic acids is 1. The third-order valence-corrected chi connectivity index (χ3v) is 7.30. The van der Waals surface area contributed by atoms with E-state index in [0.717, 1.165) is 9.87 Å². The van der Waals surface area contributed by atoms with Gasteiger partial charge in [0.1, 0.15) is 19.8 Å². The third kappa shape index (κ3) is 6.26. The van der Waals surface area contributed by atoms with Crippen molar-refractivity contribution in [1.29, 1.82) is 0 Å². The molecule has 1 aliphatic rings. The lowest BCUT2D eigenvalue weighted by Crippen LogP contribution is -2.40. The molecule has 0 bridgehead atoms. The summed E-state index contributed by atoms with van der Waals surface area (Å²) in [5, 5.41) is 2.80. The van der Waals surface area contributed by atoms with Crippen molar-refractivity contribution in [2.45, 2.75) is 31.4 Å². The van der Waals surface area contributed by atoms with E-state index in [2.05, 4.69) is 5.32 Å². The van der Waals surface area contributed by atoms with Crippen molar-refractivity contribution >= 4 is 21.6 Å². The van der Waals surface area contributed by atoms with Gasteiger partial charge < -0.3 is 24.3 Å². The normalized spacial score (nSPS) is 12.6. The van der Waals surface area contributed by atoms with Crippen LogP contribution in [0.2, 0.25) is 0 Å². The van der Waals surface area contributed by atoms with E-state index < -0.39 is 22.5 Å². The Morgan fingerprint density at radius 1 is 0.973 bits per heavy atom. The van der Waals surface area contributed by atoms with Crippen molar-refractivity contribution in [3.63, 3.8) is 0 Å². The number of amides is 1. The molecule has 0 atom stereocenters. The summed E-state index contributed by atoms with van der Waals surface area (Å²) in [5.74, 6) is 1.62. The predicted octanol–water partition coefficient (Wildman–Crippen LogP) is 3.77. The summed E-state index contributed by atoms with van der Waals surface area (Å²) in [6.07, 6.45) is -0.0162. The van der Waals surface area contributed by atoms with Crippen LogP contribution in [0, 0.1) is 0 Å². The van der Waals surface area contributed by atoms with Gasteiger partial charge in [-0.05, 0) is 55.8 Å². The molecule has 37 heavy (non-hydrogen) atoms. The predicted molar refractivity (Wildman–Crippen MR) is 139 cm³/mol. The first-order valence-electron chi connectivity index (χ1n) is 11.9. The lowest BCUT2D eigenvalue weighted by molar-refractivity contribution is -0.119. The number of nitrogens with one attached hydrogen (secondary N) is 1. The molecule has 0 saturated heterocycles. The molecule has 0 fully saturated rings. The van der Waals surface area contributed by atoms with Gasteiger partial charge in [0.15, 0.2) is 23.0 Å². The Hall–Kier alpha value is -3.92. The molecular weight excluding hydrogens is 496 g/mol. The fourth-order valence-electron chi connectivity index (χ4n) is 3.78. The number of benzene rings is 3. The van der Waals surface area contributed by atoms with Gasteiger partial charge in [-0.15, -0.1) is 0 Å². The molecule has 10 heteroatoms. The number of fused-ring (bicyclic) bond motifs is 1. The van der Waals surface area contributed by atoms with Crippen molar-refractivity contribution in [3.05, 3.63) is 72.3 Å². The topological polar surface area (TPSA) is 103 Å². The van der Waals surface area contributed by atoms with Gasteiger partial charge in [-0.3, -0.25) is 9.10 Å². The lowest BCUT2D eigenvalue weighted by Gasteiger charge is -2.26. The van der Waals surface area contributed by atoms with Gasteiger partial charge in [-0.1, -0.05) is 24.3 Å². The highest BCUT2D eigenvalue weighted by Crippen LogP contribution is 2.35. The van der Waals surface area contributed by atoms with Gasteiger partial charge in [0.05, 0.1) is 23.8 Å². The van der Waals surface area contributed by atoms with Crippen molar-refractivity contribution in [2.24, 2.45) is 0 Å². The minimum atomic E-state index is -4.05. The highest BCUT2D eigenvalue weighted by Gasteiger charge is 2.28. The first-order valence-corrected chi connectivity index (χ1v) is 13.3. The molecule has 0 aromatic heterocycles. The zero-order valence-corrected chi connectivity index (χ0v) is 21.8. The van der Waals surface area contributed by atoms with Crippen LogP contribution in [0.3, 0.4) is 0 Å². The number of ether oxygens (including phenoxy) is 4. The first-order chi connectivity index (χ1) is 17.8. The van der Waals surface area contributed by atoms with Crippen molar-refractivity contribution in [3.8, 4) is 23.0 Å². The second kappa shape index (κ2) is 11.4. The largest absolute Gasteiger partial charge is 0.493 e. The maximum atomic E-state index is 13.6. The number of sulfonamides is 1. The van der Waals surface area contributed by atoms with Crippen LogP contribution in [-0.4, -0.2) is 47.3 Å². The zero-order chi connectivity index (χ0) is 26.4. The van der Waals surface area contributed by atoms with Crippen LogP contribution in [0.1, 0.15) is 19.4 Å². The van der Waals surface area contributed by atoms with Crippen LogP contribution >= 0.6 is 0 Å². The smallest absolute Gasteiger partial charge is 0.264 e. The molecule has 0 unspecified atom stereocenters. The third-order valence-electron chi connectivity index (χ3n) is 5.51. The van der Waals surface area contributed by atoms with Gasteiger partial charge in [0, 0.05) is 12.6 Å². The molecule has 9 nitrogen and oxygen atoms in total. The monoisotopic (exact) mass is 526 g/mol. The maximum absolute atomic E-state index is 13.6. The fourth-order valence-corrected chi connectivity index (χ4v) is 5.22. The van der Waals surface area contributed by atoms with Gasteiger partial charge >= 0.3 is 0 Å². The van der Waals surface area contributed by atoms with Crippen molar-refractivity contribution in [2.75, 3.05) is 31.2 Å². The Balaban J connectivity index is 1.55. The van der Waals surface area contributed by atoms with Crippen LogP contribution in [0.15, 0.2) is 71.6 Å². The zero-order valence-electron chi connectivity index (χ0n) is 21.0. The SMILES string of the molecule is COc1cc(CNC(=O)CN(c2ccc3c(c2)OCCO3)S(=O)(=O)c2ccccc2)ccc1OC(C)C. The van der Waals surface area contributed by atoms with Crippen LogP contribution in [-0.2, 0) is 21.4 Å². The summed E-state index contributed by atoms with van der Waals surface area (Å²) in [6, 6.07) is 18.2. The van der Waals surface area contributed by atoms with Crippen LogP contribution in [0.25, 0.3) is 0 Å². The highest BCUT2D eigenvalue weighted by atomic mass is 32.2. The maximum Gasteiger partial charge on any atom is 0.264 e. The van der Waals surface area contributed by atoms with Crippen LogP contribution < -0.4 is 28.6 Å². The molecule has 1 heterocycles. The van der Waals surface area contributed by atoms with E-state index in [-0.39, 0.29) is 17.5 Å². The average Bonchev–Trinajstić information content (AvgIpc) is 2.91. The number of rotatable bonds is 10. The summed E-state index contributed by atoms with van der Waals surface area (Å²) < 4.78 is 50.5. The molecule has 4 rings (SSSR count). The number of methoxy groups -OCH3 is 1. The quantitative estimate of drug-likeness (QED) is 0.429. The van der Waals surface area contributed by atoms with E-state index in [9.17, 15) is 13.2 Å². The standard InChI is InChI=1S/C27H30N2O7S/c1-19(2)36-24-11-9-20(15-25(24)33-3)17-28-27(30)18-29(37(31,32)22-7-5-4-6-8-22)21-10-12-23-26(16-21)35-14-13-34-23/h4-12,15-16,19H,13-14,17-18H2,1-3H3,(H,28,30). The van der Waals surface area contributed by atoms with Crippen molar-refractivity contribution < 1.29 is 32.2 Å². The number of hydrogen-bond donors (Lipinski definition) is 1. The second-order valence-corrected chi connectivity index (χ2v) is 10.4. The molecule has 1 N–H and O–H groups in total. The molecule has 0 spiro atoms. The average molecular weight is 527 g/mol. The summed E-state index contributed by atoms with van der Waals surface area (Å²) in [7, 11) is -2.50. The van der Waals surface area contributed by atoms with Crippen LogP contribution in [0.5, 0.6) is 23.0 Å². The minimum Gasteiger partial charge on any atom is -0.493 e. The van der Waals surface area contributed by atoms with Gasteiger partial charge in [-0.2, -0.15) is 0 Å². The molecule has 196 valence electrons. The van der Waals surface area contributed by atoms with E-state index in [1.165, 1.54) is 12.1 Å². The molecule has 1 amide bonds. The number of nitrogens with zero attached hydrogens (tertiary/aromatic N) is 1. The Morgan fingerprint density at radius 3 is 2.41 bits per heavy atom. The Bertz CT molecular complexity index is 1340. The Labute approximate surface area is 217 Å². The summed E-state index contributed by atoms with van der Waals surface area (Å²) in [4.78, 5) is 13.1. The van der Waals surface area contributed by atoms with Gasteiger partial charge in [0.25, 0.3) is 10.0 Å². The molecular formula is C27H30N2O7S. The molecule has 1 aliphatic heterocycles. The highest BCUT2D eigenvalue weighted by molar-refractivity contribution is 7.92. The molecule has 3 aromatic carbocycles. The summed E-state index contributed by atoms with van der Waals surface area (Å²) in [5.41, 5.74) is 1.07. The van der Waals surface area contributed by atoms with E-state index in [0.29, 0.717) is 41.9 Å². The molecule has 3 aromatic rings. The van der Waals surface area contributed by atoms with Gasteiger partial charge in [-0.25, -0.2) is 8.42 Å². The fraction of sp³-hybridized carbons (Fsp3) is 0.296. The first kappa shape index (κ1) is 26.2. The van der Waals surface area contributed by atoms with Gasteiger partial charge in [0.2, 0.25) is 5.91 Å². The Morgan fingerprint density at radius 2 is 1.70 bits per heavy atom. The molecule has 0 saturated carbocycles. The van der Waals surface area contributed by atoms with E-state index in [1.54, 1.807) is 55.6 Å². The number of carbonyl (C=O) groups is 1. The molecule has 0 radical (unpaired) electrons. The second-order valence-electron chi connectivity index (χ2n) is 8.58. The van der Waals surface area contributed by atoms with Crippen molar-refractivity contribution in [1.82, 2.24) is 5.32 Å². The Kier molecular flexibility index (Phi) is 8.08. The van der Waals surface area contributed by atoms with Crippen LogP contribution in [0.4, 0.5) is 5.69 Å². The molecule has 0 aliphatic carbocycles. The number of hydrogen-bond acceptors (Lipinski definition) is 7. The number of anilines is 1. The van der Waals surface area contributed by atoms with E-state index in [4.69, 9.17) is 18.9 Å². The lowest BCUT2D eigenvalue weighted by atomic mass is 10.2. The minimum absolute atomic E-state index is 0.0162. The summed E-state index contributed by atoms with van der Waals surface area (Å²) >= 11 is 0. The summed E-state index contributed by atoms with van der Waals surface area (Å²) in [6.45, 7) is 4.36. The van der Waals surface area contributed by atoms with E-state index >= 15 is 0 Å². The van der Waals surface area contributed by atoms with E-state index in [1.807, 2.05) is 19.9 Å².